The Kier molecular flexibility index (Phi) is 6.83. The molecular weight excluding hydrogens is 212 g/mol. The van der Waals surface area contributed by atoms with Gasteiger partial charge in [0, 0.05) is 0 Å². The first-order chi connectivity index (χ1) is 7.17. The lowest BCUT2D eigenvalue weighted by Crippen LogP contribution is -2.58. The van der Waals surface area contributed by atoms with Gasteiger partial charge in [0.15, 0.2) is 0 Å². The third kappa shape index (κ3) is 6.66. The maximum Gasteiger partial charge on any atom is 0.276 e. The Morgan fingerprint density at radius 3 is 1.81 bits per heavy atom. The van der Waals surface area contributed by atoms with Gasteiger partial charge in [-0.25, -0.2) is 0 Å². The number of quaternary nitrogens is 1. The molecule has 0 saturated carbocycles. The molecule has 0 amide bonds. The highest BCUT2D eigenvalue weighted by Crippen LogP contribution is 2.17. The number of hydrogen-bond acceptors (Lipinski definition) is 1. The lowest BCUT2D eigenvalue weighted by molar-refractivity contribution is -0.791. The maximum atomic E-state index is 2.47. The van der Waals surface area contributed by atoms with E-state index in [4.69, 9.17) is 0 Å². The van der Waals surface area contributed by atoms with E-state index in [0.29, 0.717) is 0 Å². The Labute approximate surface area is 104 Å². The Bertz CT molecular complexity index is 183. The molecule has 0 aromatic heterocycles. The van der Waals surface area contributed by atoms with Gasteiger partial charge in [0.2, 0.25) is 0 Å². The van der Waals surface area contributed by atoms with E-state index < -0.39 is 8.24 Å². The van der Waals surface area contributed by atoms with Crippen LogP contribution in [0.15, 0.2) is 0 Å². The van der Waals surface area contributed by atoms with Crippen molar-refractivity contribution in [1.82, 2.24) is 4.90 Å². The molecule has 2 nitrogen and oxygen atoms in total. The molecule has 0 unspecified atom stereocenters. The average molecular weight is 246 g/mol. The Balaban J connectivity index is 3.59. The molecule has 0 aromatic carbocycles. The van der Waals surface area contributed by atoms with Crippen LogP contribution in [0.3, 0.4) is 0 Å². The first-order valence-corrected chi connectivity index (χ1v) is 10.1. The highest BCUT2D eigenvalue weighted by Gasteiger charge is 2.34. The smallest absolute Gasteiger partial charge is 0.276 e. The first kappa shape index (κ1) is 16.1. The second-order valence-electron chi connectivity index (χ2n) is 6.80. The molecule has 0 aliphatic heterocycles. The second kappa shape index (κ2) is 6.77. The zero-order chi connectivity index (χ0) is 12.8. The number of nitrogens with zero attached hydrogens (tertiary/aromatic N) is 2. The van der Waals surface area contributed by atoms with Gasteiger partial charge in [0.05, 0.1) is 20.6 Å². The topological polar surface area (TPSA) is 3.24 Å². The van der Waals surface area contributed by atoms with Crippen LogP contribution < -0.4 is 0 Å². The molecular formula is C13H33N2Si+. The van der Waals surface area contributed by atoms with Crippen molar-refractivity contribution in [2.24, 2.45) is 0 Å². The molecule has 0 bridgehead atoms. The van der Waals surface area contributed by atoms with Crippen LogP contribution in [-0.2, 0) is 0 Å². The van der Waals surface area contributed by atoms with Gasteiger partial charge in [-0.15, -0.1) is 0 Å². The highest BCUT2D eigenvalue weighted by atomic mass is 28.3. The Morgan fingerprint density at radius 2 is 1.38 bits per heavy atom. The summed E-state index contributed by atoms with van der Waals surface area (Å²) in [7, 11) is 8.09. The maximum absolute atomic E-state index is 2.47. The lowest BCUT2D eigenvalue weighted by Gasteiger charge is -2.41. The number of unbranched alkanes of at least 4 members (excludes halogenated alkanes) is 3. The van der Waals surface area contributed by atoms with Gasteiger partial charge in [0.25, 0.3) is 8.24 Å². The highest BCUT2D eigenvalue weighted by molar-refractivity contribution is 6.68. The van der Waals surface area contributed by atoms with E-state index in [2.05, 4.69) is 52.7 Å². The summed E-state index contributed by atoms with van der Waals surface area (Å²) in [6.07, 6.45) is 5.54. The van der Waals surface area contributed by atoms with Crippen LogP contribution in [0, 0.1) is 0 Å². The van der Waals surface area contributed by atoms with E-state index in [1.165, 1.54) is 42.9 Å². The van der Waals surface area contributed by atoms with Gasteiger partial charge in [-0.2, -0.15) is 0 Å². The standard InChI is InChI=1S/C13H33N2Si/c1-14(2)12-10-8-9-11-13-15(3,4)16(5,6)7/h8-13H2,1-7H3/q+1. The minimum atomic E-state index is -1.04. The van der Waals surface area contributed by atoms with Crippen LogP contribution in [0.2, 0.25) is 19.6 Å². The molecule has 98 valence electrons. The average Bonchev–Trinajstić information content (AvgIpc) is 2.08. The summed E-state index contributed by atoms with van der Waals surface area (Å²) in [6, 6.07) is 0. The molecule has 0 saturated heterocycles. The van der Waals surface area contributed by atoms with Crippen LogP contribution in [0.5, 0.6) is 0 Å². The minimum Gasteiger partial charge on any atom is -0.389 e. The van der Waals surface area contributed by atoms with Gasteiger partial charge in [-0.3, -0.25) is 0 Å². The van der Waals surface area contributed by atoms with E-state index in [9.17, 15) is 0 Å². The summed E-state index contributed by atoms with van der Waals surface area (Å²) in [4.78, 5) is 2.28. The second-order valence-corrected chi connectivity index (χ2v) is 12.3. The normalized spacial score (nSPS) is 13.5. The Hall–Kier alpha value is 0.137. The van der Waals surface area contributed by atoms with Crippen LogP contribution in [0.25, 0.3) is 0 Å². The third-order valence-corrected chi connectivity index (χ3v) is 7.74. The fourth-order valence-corrected chi connectivity index (χ4v) is 2.45. The molecule has 0 aliphatic carbocycles. The van der Waals surface area contributed by atoms with E-state index in [0.717, 1.165) is 0 Å². The SMILES string of the molecule is CN(C)CCCCCC[N+](C)(C)[Si](C)(C)C. The van der Waals surface area contributed by atoms with Crippen LogP contribution >= 0.6 is 0 Å². The molecule has 0 N–H and O–H groups in total. The predicted octanol–water partition coefficient (Wildman–Crippen LogP) is 3.02. The monoisotopic (exact) mass is 245 g/mol. The molecule has 0 heterocycles. The summed E-state index contributed by atoms with van der Waals surface area (Å²) in [5.41, 5.74) is 0. The van der Waals surface area contributed by atoms with Gasteiger partial charge >= 0.3 is 0 Å². The van der Waals surface area contributed by atoms with Gasteiger partial charge in [0.1, 0.15) is 0 Å². The summed E-state index contributed by atoms with van der Waals surface area (Å²) in [5, 5.41) is 0. The lowest BCUT2D eigenvalue weighted by atomic mass is 10.2. The zero-order valence-electron chi connectivity index (χ0n) is 12.6. The van der Waals surface area contributed by atoms with Crippen molar-refractivity contribution in [2.45, 2.75) is 45.3 Å². The molecule has 16 heavy (non-hydrogen) atoms. The largest absolute Gasteiger partial charge is 0.389 e. The van der Waals surface area contributed by atoms with Crippen molar-refractivity contribution >= 4 is 8.24 Å². The van der Waals surface area contributed by atoms with E-state index in [-0.39, 0.29) is 0 Å². The Morgan fingerprint density at radius 1 is 0.875 bits per heavy atom. The molecule has 0 aliphatic rings. The molecule has 0 radical (unpaired) electrons. The molecule has 0 fully saturated rings. The zero-order valence-corrected chi connectivity index (χ0v) is 13.6. The number of hydrogen-bond donors (Lipinski definition) is 0. The predicted molar refractivity (Wildman–Crippen MR) is 77.3 cm³/mol. The molecule has 0 aromatic rings. The third-order valence-electron chi connectivity index (χ3n) is 3.89. The van der Waals surface area contributed by atoms with Crippen LogP contribution in [-0.4, -0.2) is 58.6 Å². The van der Waals surface area contributed by atoms with Gasteiger partial charge in [-0.05, 0) is 59.5 Å². The van der Waals surface area contributed by atoms with Crippen molar-refractivity contribution < 1.29 is 4.15 Å². The molecule has 0 atom stereocenters. The van der Waals surface area contributed by atoms with Gasteiger partial charge in [-0.1, -0.05) is 6.42 Å². The van der Waals surface area contributed by atoms with Crippen molar-refractivity contribution in [3.05, 3.63) is 0 Å². The van der Waals surface area contributed by atoms with Crippen molar-refractivity contribution in [3.63, 3.8) is 0 Å². The summed E-state index contributed by atoms with van der Waals surface area (Å²) in [5.74, 6) is 0. The van der Waals surface area contributed by atoms with E-state index in [1.807, 2.05) is 0 Å². The fourth-order valence-electron chi connectivity index (χ4n) is 1.62. The van der Waals surface area contributed by atoms with Gasteiger partial charge < -0.3 is 9.05 Å². The van der Waals surface area contributed by atoms with Crippen molar-refractivity contribution in [3.8, 4) is 0 Å². The fraction of sp³-hybridized carbons (Fsp3) is 1.00. The van der Waals surface area contributed by atoms with E-state index >= 15 is 0 Å². The van der Waals surface area contributed by atoms with Crippen molar-refractivity contribution in [1.29, 1.82) is 0 Å². The van der Waals surface area contributed by atoms with Crippen molar-refractivity contribution in [2.75, 3.05) is 41.3 Å². The molecule has 0 spiro atoms. The first-order valence-electron chi connectivity index (χ1n) is 6.64. The van der Waals surface area contributed by atoms with Crippen LogP contribution in [0.1, 0.15) is 25.7 Å². The number of rotatable bonds is 8. The summed E-state index contributed by atoms with van der Waals surface area (Å²) in [6.45, 7) is 10.0. The summed E-state index contributed by atoms with van der Waals surface area (Å²) >= 11 is 0. The molecule has 0 rings (SSSR count). The van der Waals surface area contributed by atoms with Crippen LogP contribution in [0.4, 0.5) is 0 Å². The molecule has 3 heteroatoms. The summed E-state index contributed by atoms with van der Waals surface area (Å²) < 4.78 is 1.26. The minimum absolute atomic E-state index is 1.04. The quantitative estimate of drug-likeness (QED) is 0.469. The van der Waals surface area contributed by atoms with E-state index in [1.54, 1.807) is 0 Å².